The average molecular weight is 368 g/mol. The van der Waals surface area contributed by atoms with E-state index < -0.39 is 0 Å². The Hall–Kier alpha value is -2.24. The van der Waals surface area contributed by atoms with Gasteiger partial charge in [0.2, 0.25) is 5.91 Å². The molecule has 3 rings (SSSR count). The number of nitrogens with zero attached hydrogens (tertiary/aromatic N) is 2. The van der Waals surface area contributed by atoms with Crippen LogP contribution >= 0.6 is 11.3 Å². The van der Waals surface area contributed by atoms with Crippen LogP contribution in [0.4, 0.5) is 0 Å². The number of carbonyl (C=O) groups is 1. The molecular formula is C21H25N3OS. The number of fused-ring (bicyclic) bond motifs is 1. The highest BCUT2D eigenvalue weighted by atomic mass is 32.1. The molecule has 1 aromatic heterocycles. The fraction of sp³-hybridized carbons (Fsp3) is 0.333. The summed E-state index contributed by atoms with van der Waals surface area (Å²) >= 11 is 1.70. The van der Waals surface area contributed by atoms with Crippen molar-refractivity contribution >= 4 is 27.5 Å². The minimum absolute atomic E-state index is 0.0634. The Bertz CT molecular complexity index is 814. The van der Waals surface area contributed by atoms with Gasteiger partial charge in [0.25, 0.3) is 0 Å². The zero-order valence-corrected chi connectivity index (χ0v) is 16.1. The van der Waals surface area contributed by atoms with Gasteiger partial charge in [0.15, 0.2) is 0 Å². The maximum absolute atomic E-state index is 12.2. The molecule has 0 radical (unpaired) electrons. The van der Waals surface area contributed by atoms with Gasteiger partial charge in [-0.25, -0.2) is 4.98 Å². The molecule has 5 heteroatoms. The Morgan fingerprint density at radius 1 is 1.15 bits per heavy atom. The van der Waals surface area contributed by atoms with Crippen molar-refractivity contribution in [2.45, 2.75) is 25.8 Å². The summed E-state index contributed by atoms with van der Waals surface area (Å²) in [6, 6.07) is 18.6. The van der Waals surface area contributed by atoms with Gasteiger partial charge in [0, 0.05) is 6.54 Å². The highest BCUT2D eigenvalue weighted by Crippen LogP contribution is 2.28. The first-order valence-electron chi connectivity index (χ1n) is 9.00. The molecule has 0 aliphatic rings. The Morgan fingerprint density at radius 2 is 1.88 bits per heavy atom. The summed E-state index contributed by atoms with van der Waals surface area (Å²) in [6.45, 7) is 3.18. The molecule has 0 unspecified atom stereocenters. The van der Waals surface area contributed by atoms with Gasteiger partial charge in [0.1, 0.15) is 5.01 Å². The quantitative estimate of drug-likeness (QED) is 0.611. The average Bonchev–Trinajstić information content (AvgIpc) is 3.09. The van der Waals surface area contributed by atoms with Gasteiger partial charge < -0.3 is 5.32 Å². The van der Waals surface area contributed by atoms with Gasteiger partial charge in [0.05, 0.1) is 22.8 Å². The fourth-order valence-corrected chi connectivity index (χ4v) is 3.93. The predicted molar refractivity (Wildman–Crippen MR) is 108 cm³/mol. The highest BCUT2D eigenvalue weighted by Gasteiger charge is 2.18. The maximum Gasteiger partial charge on any atom is 0.234 e. The summed E-state index contributed by atoms with van der Waals surface area (Å²) in [5.74, 6) is 0.0634. The van der Waals surface area contributed by atoms with Crippen LogP contribution in [0.2, 0.25) is 0 Å². The van der Waals surface area contributed by atoms with Crippen LogP contribution in [0, 0.1) is 0 Å². The molecule has 3 aromatic rings. The third kappa shape index (κ3) is 4.90. The van der Waals surface area contributed by atoms with Gasteiger partial charge >= 0.3 is 0 Å². The van der Waals surface area contributed by atoms with Crippen LogP contribution in [0.15, 0.2) is 54.6 Å². The number of aromatic nitrogens is 1. The van der Waals surface area contributed by atoms with Crippen molar-refractivity contribution in [3.05, 3.63) is 65.2 Å². The first-order valence-corrected chi connectivity index (χ1v) is 9.81. The van der Waals surface area contributed by atoms with Gasteiger partial charge in [-0.3, -0.25) is 9.69 Å². The second kappa shape index (κ2) is 8.92. The molecule has 136 valence electrons. The number of amides is 1. The van der Waals surface area contributed by atoms with Crippen LogP contribution in [-0.4, -0.2) is 35.9 Å². The second-order valence-electron chi connectivity index (χ2n) is 6.55. The Morgan fingerprint density at radius 3 is 2.65 bits per heavy atom. The van der Waals surface area contributed by atoms with Crippen molar-refractivity contribution in [3.63, 3.8) is 0 Å². The molecule has 0 saturated heterocycles. The topological polar surface area (TPSA) is 45.2 Å². The Kier molecular flexibility index (Phi) is 6.36. The molecule has 0 saturated carbocycles. The SMILES string of the molecule is C[C@@H](c1nc2ccccc2s1)N(C)CC(=O)NCCCc1ccccc1. The zero-order valence-electron chi connectivity index (χ0n) is 15.3. The van der Waals surface area contributed by atoms with Crippen molar-refractivity contribution < 1.29 is 4.79 Å². The first-order chi connectivity index (χ1) is 12.6. The third-order valence-electron chi connectivity index (χ3n) is 4.53. The van der Waals surface area contributed by atoms with E-state index in [1.54, 1.807) is 11.3 Å². The van der Waals surface area contributed by atoms with E-state index in [4.69, 9.17) is 4.98 Å². The summed E-state index contributed by atoms with van der Waals surface area (Å²) in [6.07, 6.45) is 1.94. The Balaban J connectivity index is 1.44. The third-order valence-corrected chi connectivity index (χ3v) is 5.74. The number of hydrogen-bond donors (Lipinski definition) is 1. The molecule has 2 aromatic carbocycles. The van der Waals surface area contributed by atoms with Crippen molar-refractivity contribution in [2.75, 3.05) is 20.1 Å². The van der Waals surface area contributed by atoms with E-state index in [1.165, 1.54) is 10.3 Å². The summed E-state index contributed by atoms with van der Waals surface area (Å²) in [4.78, 5) is 18.9. The van der Waals surface area contributed by atoms with E-state index in [2.05, 4.69) is 30.4 Å². The van der Waals surface area contributed by atoms with Crippen LogP contribution in [0.25, 0.3) is 10.2 Å². The van der Waals surface area contributed by atoms with Gasteiger partial charge in [-0.15, -0.1) is 11.3 Å². The fourth-order valence-electron chi connectivity index (χ4n) is 2.84. The molecule has 26 heavy (non-hydrogen) atoms. The smallest absolute Gasteiger partial charge is 0.234 e. The van der Waals surface area contributed by atoms with Crippen molar-refractivity contribution in [1.29, 1.82) is 0 Å². The van der Waals surface area contributed by atoms with Crippen LogP contribution in [-0.2, 0) is 11.2 Å². The monoisotopic (exact) mass is 367 g/mol. The second-order valence-corrected chi connectivity index (χ2v) is 7.61. The highest BCUT2D eigenvalue weighted by molar-refractivity contribution is 7.18. The molecular weight excluding hydrogens is 342 g/mol. The number of hydrogen-bond acceptors (Lipinski definition) is 4. The molecule has 0 spiro atoms. The molecule has 1 heterocycles. The zero-order chi connectivity index (χ0) is 18.4. The molecule has 0 fully saturated rings. The summed E-state index contributed by atoms with van der Waals surface area (Å²) < 4.78 is 1.19. The number of para-hydroxylation sites is 1. The van der Waals surface area contributed by atoms with E-state index >= 15 is 0 Å². The number of benzene rings is 2. The number of rotatable bonds is 8. The van der Waals surface area contributed by atoms with E-state index in [1.807, 2.05) is 48.3 Å². The van der Waals surface area contributed by atoms with Crippen LogP contribution in [0.5, 0.6) is 0 Å². The van der Waals surface area contributed by atoms with Gasteiger partial charge in [-0.1, -0.05) is 42.5 Å². The number of carbonyl (C=O) groups excluding carboxylic acids is 1. The standard InChI is InChI=1S/C21H25N3OS/c1-16(21-23-18-12-6-7-13-19(18)26-21)24(2)15-20(25)22-14-8-11-17-9-4-3-5-10-17/h3-7,9-10,12-13,16H,8,11,14-15H2,1-2H3,(H,22,25)/t16-/m0/s1. The summed E-state index contributed by atoms with van der Waals surface area (Å²) in [7, 11) is 1.97. The molecule has 4 nitrogen and oxygen atoms in total. The minimum Gasteiger partial charge on any atom is -0.355 e. The number of thiazole rings is 1. The lowest BCUT2D eigenvalue weighted by atomic mass is 10.1. The summed E-state index contributed by atoms with van der Waals surface area (Å²) in [5.41, 5.74) is 2.33. The van der Waals surface area contributed by atoms with Crippen LogP contribution < -0.4 is 5.32 Å². The van der Waals surface area contributed by atoms with Gasteiger partial charge in [-0.2, -0.15) is 0 Å². The lowest BCUT2D eigenvalue weighted by molar-refractivity contribution is -0.122. The molecule has 0 aliphatic carbocycles. The summed E-state index contributed by atoms with van der Waals surface area (Å²) in [5, 5.41) is 4.07. The maximum atomic E-state index is 12.2. The normalized spacial score (nSPS) is 12.4. The number of likely N-dealkylation sites (N-methyl/N-ethyl adjacent to an activating group) is 1. The first kappa shape index (κ1) is 18.5. The number of nitrogens with one attached hydrogen (secondary N) is 1. The number of aryl methyl sites for hydroxylation is 1. The van der Waals surface area contributed by atoms with E-state index in [-0.39, 0.29) is 11.9 Å². The lowest BCUT2D eigenvalue weighted by Crippen LogP contribution is -2.36. The van der Waals surface area contributed by atoms with E-state index in [9.17, 15) is 4.79 Å². The predicted octanol–water partition coefficient (Wildman–Crippen LogP) is 4.04. The molecule has 0 aliphatic heterocycles. The van der Waals surface area contributed by atoms with Gasteiger partial charge in [-0.05, 0) is 44.5 Å². The minimum atomic E-state index is 0.0634. The van der Waals surface area contributed by atoms with Crippen molar-refractivity contribution in [3.8, 4) is 0 Å². The van der Waals surface area contributed by atoms with E-state index in [0.29, 0.717) is 13.1 Å². The Labute approximate surface area is 158 Å². The molecule has 1 N–H and O–H groups in total. The lowest BCUT2D eigenvalue weighted by Gasteiger charge is -2.22. The molecule has 1 atom stereocenters. The van der Waals surface area contributed by atoms with Crippen molar-refractivity contribution in [1.82, 2.24) is 15.2 Å². The van der Waals surface area contributed by atoms with Crippen molar-refractivity contribution in [2.24, 2.45) is 0 Å². The largest absolute Gasteiger partial charge is 0.355 e. The van der Waals surface area contributed by atoms with E-state index in [0.717, 1.165) is 23.4 Å². The molecule has 0 bridgehead atoms. The van der Waals surface area contributed by atoms with Crippen LogP contribution in [0.3, 0.4) is 0 Å². The molecule has 1 amide bonds. The van der Waals surface area contributed by atoms with Crippen LogP contribution in [0.1, 0.15) is 30.0 Å².